The molecule has 2 N–H and O–H groups in total. The fraction of sp³-hybridized carbons (Fsp3) is 0. The van der Waals surface area contributed by atoms with E-state index in [1.54, 1.807) is 0 Å². The number of hydrogen-bond acceptors (Lipinski definition) is 3. The number of ether oxygens (including phenoxy) is 1. The number of halogens is 2. The summed E-state index contributed by atoms with van der Waals surface area (Å²) in [7, 11) is 0. The first-order valence-electron chi connectivity index (χ1n) is 4.50. The van der Waals surface area contributed by atoms with Gasteiger partial charge < -0.3 is 10.5 Å². The van der Waals surface area contributed by atoms with E-state index in [4.69, 9.17) is 10.5 Å². The third kappa shape index (κ3) is 1.93. The summed E-state index contributed by atoms with van der Waals surface area (Å²) in [6.45, 7) is 0. The van der Waals surface area contributed by atoms with Gasteiger partial charge in [-0.15, -0.1) is 0 Å². The van der Waals surface area contributed by atoms with E-state index in [1.165, 1.54) is 30.6 Å². The van der Waals surface area contributed by atoms with Crippen LogP contribution in [0, 0.1) is 11.6 Å². The fourth-order valence-electron chi connectivity index (χ4n) is 1.17. The lowest BCUT2D eigenvalue weighted by atomic mass is 10.3. The summed E-state index contributed by atoms with van der Waals surface area (Å²) >= 11 is 0. The van der Waals surface area contributed by atoms with Gasteiger partial charge in [0.25, 0.3) is 0 Å². The molecule has 0 aliphatic rings. The molecule has 2 aromatic rings. The molecule has 0 aliphatic heterocycles. The van der Waals surface area contributed by atoms with Gasteiger partial charge in [0.1, 0.15) is 0 Å². The van der Waals surface area contributed by atoms with Gasteiger partial charge >= 0.3 is 0 Å². The summed E-state index contributed by atoms with van der Waals surface area (Å²) in [5.74, 6) is -1.98. The SMILES string of the molecule is Nc1cnccc1Oc1cccc(F)c1F. The lowest BCUT2D eigenvalue weighted by molar-refractivity contribution is 0.417. The van der Waals surface area contributed by atoms with Crippen LogP contribution in [0.25, 0.3) is 0 Å². The van der Waals surface area contributed by atoms with Gasteiger partial charge in [-0.2, -0.15) is 4.39 Å². The van der Waals surface area contributed by atoms with Crippen molar-refractivity contribution in [2.45, 2.75) is 0 Å². The van der Waals surface area contributed by atoms with Crippen LogP contribution in [0.3, 0.4) is 0 Å². The Morgan fingerprint density at radius 2 is 1.94 bits per heavy atom. The normalized spacial score (nSPS) is 10.1. The van der Waals surface area contributed by atoms with Gasteiger partial charge in [-0.25, -0.2) is 4.39 Å². The summed E-state index contributed by atoms with van der Waals surface area (Å²) in [4.78, 5) is 3.75. The standard InChI is InChI=1S/C11H8F2N2O/c12-7-2-1-3-10(11(7)13)16-9-4-5-15-6-8(9)14/h1-6H,14H2. The van der Waals surface area contributed by atoms with Crippen LogP contribution in [0.15, 0.2) is 36.7 Å². The molecular formula is C11H8F2N2O. The molecule has 0 saturated carbocycles. The van der Waals surface area contributed by atoms with E-state index >= 15 is 0 Å². The predicted molar refractivity (Wildman–Crippen MR) is 55.1 cm³/mol. The van der Waals surface area contributed by atoms with Crippen molar-refractivity contribution in [3.8, 4) is 11.5 Å². The van der Waals surface area contributed by atoms with Crippen molar-refractivity contribution in [1.29, 1.82) is 0 Å². The first-order valence-corrected chi connectivity index (χ1v) is 4.50. The minimum atomic E-state index is -1.04. The summed E-state index contributed by atoms with van der Waals surface area (Å²) in [6, 6.07) is 5.15. The Kier molecular flexibility index (Phi) is 2.68. The molecule has 2 rings (SSSR count). The second-order valence-corrected chi connectivity index (χ2v) is 3.07. The van der Waals surface area contributed by atoms with Gasteiger partial charge in [0.15, 0.2) is 17.3 Å². The maximum absolute atomic E-state index is 13.3. The van der Waals surface area contributed by atoms with Crippen LogP contribution < -0.4 is 10.5 Å². The highest BCUT2D eigenvalue weighted by Gasteiger charge is 2.10. The van der Waals surface area contributed by atoms with Crippen molar-refractivity contribution in [2.24, 2.45) is 0 Å². The Bertz CT molecular complexity index is 517. The monoisotopic (exact) mass is 222 g/mol. The zero-order chi connectivity index (χ0) is 11.5. The Hall–Kier alpha value is -2.17. The van der Waals surface area contributed by atoms with E-state index in [0.29, 0.717) is 0 Å². The predicted octanol–water partition coefficient (Wildman–Crippen LogP) is 2.73. The third-order valence-electron chi connectivity index (χ3n) is 1.95. The molecule has 0 aliphatic carbocycles. The largest absolute Gasteiger partial charge is 0.452 e. The maximum Gasteiger partial charge on any atom is 0.201 e. The number of rotatable bonds is 2. The zero-order valence-electron chi connectivity index (χ0n) is 8.15. The van der Waals surface area contributed by atoms with E-state index in [1.807, 2.05) is 0 Å². The number of pyridine rings is 1. The van der Waals surface area contributed by atoms with Gasteiger partial charge in [-0.05, 0) is 12.1 Å². The average Bonchev–Trinajstić information content (AvgIpc) is 2.28. The highest BCUT2D eigenvalue weighted by atomic mass is 19.2. The molecule has 0 unspecified atom stereocenters. The number of aromatic nitrogens is 1. The second kappa shape index (κ2) is 4.14. The third-order valence-corrected chi connectivity index (χ3v) is 1.95. The second-order valence-electron chi connectivity index (χ2n) is 3.07. The van der Waals surface area contributed by atoms with Crippen LogP contribution in [0.1, 0.15) is 0 Å². The molecular weight excluding hydrogens is 214 g/mol. The highest BCUT2D eigenvalue weighted by molar-refractivity contribution is 5.51. The molecule has 0 bridgehead atoms. The van der Waals surface area contributed by atoms with Gasteiger partial charge in [0.2, 0.25) is 5.82 Å². The number of anilines is 1. The van der Waals surface area contributed by atoms with E-state index in [-0.39, 0.29) is 17.2 Å². The van der Waals surface area contributed by atoms with Crippen LogP contribution in [0.5, 0.6) is 11.5 Å². The van der Waals surface area contributed by atoms with E-state index < -0.39 is 11.6 Å². The minimum absolute atomic E-state index is 0.210. The van der Waals surface area contributed by atoms with E-state index in [0.717, 1.165) is 6.07 Å². The number of hydrogen-bond donors (Lipinski definition) is 1. The van der Waals surface area contributed by atoms with Crippen molar-refractivity contribution in [3.05, 3.63) is 48.3 Å². The van der Waals surface area contributed by atoms with Crippen LogP contribution >= 0.6 is 0 Å². The van der Waals surface area contributed by atoms with Gasteiger partial charge in [-0.1, -0.05) is 6.07 Å². The Labute approximate surface area is 90.5 Å². The summed E-state index contributed by atoms with van der Waals surface area (Å²) in [5.41, 5.74) is 5.81. The summed E-state index contributed by atoms with van der Waals surface area (Å²) in [5, 5.41) is 0. The molecule has 0 spiro atoms. The smallest absolute Gasteiger partial charge is 0.201 e. The Balaban J connectivity index is 2.35. The number of nitrogens with zero attached hydrogens (tertiary/aromatic N) is 1. The van der Waals surface area contributed by atoms with Crippen molar-refractivity contribution in [3.63, 3.8) is 0 Å². The average molecular weight is 222 g/mol. The molecule has 1 aromatic carbocycles. The van der Waals surface area contributed by atoms with Crippen LogP contribution in [0.4, 0.5) is 14.5 Å². The van der Waals surface area contributed by atoms with Crippen LogP contribution in [0.2, 0.25) is 0 Å². The van der Waals surface area contributed by atoms with Gasteiger partial charge in [0, 0.05) is 12.3 Å². The highest BCUT2D eigenvalue weighted by Crippen LogP contribution is 2.28. The van der Waals surface area contributed by atoms with Crippen LogP contribution in [-0.4, -0.2) is 4.98 Å². The lowest BCUT2D eigenvalue weighted by Crippen LogP contribution is -1.95. The molecule has 3 nitrogen and oxygen atoms in total. The molecule has 16 heavy (non-hydrogen) atoms. The van der Waals surface area contributed by atoms with Crippen molar-refractivity contribution >= 4 is 5.69 Å². The zero-order valence-corrected chi connectivity index (χ0v) is 8.15. The van der Waals surface area contributed by atoms with Crippen molar-refractivity contribution in [2.75, 3.05) is 5.73 Å². The van der Waals surface area contributed by atoms with Gasteiger partial charge in [0.05, 0.1) is 11.9 Å². The summed E-state index contributed by atoms with van der Waals surface area (Å²) in [6.07, 6.45) is 2.81. The van der Waals surface area contributed by atoms with Gasteiger partial charge in [-0.3, -0.25) is 4.98 Å². The summed E-state index contributed by atoms with van der Waals surface area (Å²) < 4.78 is 31.3. The van der Waals surface area contributed by atoms with Crippen molar-refractivity contribution < 1.29 is 13.5 Å². The maximum atomic E-state index is 13.3. The van der Waals surface area contributed by atoms with E-state index in [2.05, 4.69) is 4.98 Å². The number of nitrogen functional groups attached to an aromatic ring is 1. The number of benzene rings is 1. The minimum Gasteiger partial charge on any atom is -0.452 e. The molecule has 0 atom stereocenters. The fourth-order valence-corrected chi connectivity index (χ4v) is 1.17. The molecule has 82 valence electrons. The Morgan fingerprint density at radius 1 is 1.12 bits per heavy atom. The number of nitrogens with two attached hydrogens (primary N) is 1. The topological polar surface area (TPSA) is 48.1 Å². The molecule has 0 radical (unpaired) electrons. The molecule has 1 aromatic heterocycles. The van der Waals surface area contributed by atoms with E-state index in [9.17, 15) is 8.78 Å². The molecule has 0 amide bonds. The Morgan fingerprint density at radius 3 is 2.69 bits per heavy atom. The molecule has 0 saturated heterocycles. The van der Waals surface area contributed by atoms with Crippen molar-refractivity contribution in [1.82, 2.24) is 4.98 Å². The first-order chi connectivity index (χ1) is 7.68. The first kappa shape index (κ1) is 10.4. The lowest BCUT2D eigenvalue weighted by Gasteiger charge is -2.08. The van der Waals surface area contributed by atoms with Crippen LogP contribution in [-0.2, 0) is 0 Å². The quantitative estimate of drug-likeness (QED) is 0.849. The molecule has 5 heteroatoms. The molecule has 1 heterocycles. The molecule has 0 fully saturated rings.